The summed E-state index contributed by atoms with van der Waals surface area (Å²) >= 11 is 0. The van der Waals surface area contributed by atoms with Crippen molar-refractivity contribution < 1.29 is 29.3 Å². The number of aliphatic hydroxyl groups excluding tert-OH is 1. The number of carboxylic acid groups (broad SMARTS) is 1. The second kappa shape index (κ2) is 9.23. The molecule has 0 fully saturated rings. The average molecular weight is 262 g/mol. The van der Waals surface area contributed by atoms with E-state index in [2.05, 4.69) is 15.4 Å². The van der Waals surface area contributed by atoms with Gasteiger partial charge in [-0.25, -0.2) is 9.59 Å². The second-order valence-electron chi connectivity index (χ2n) is 3.38. The molecule has 0 heterocycles. The van der Waals surface area contributed by atoms with Gasteiger partial charge in [0.05, 0.1) is 13.2 Å². The first-order chi connectivity index (χ1) is 8.51. The number of ether oxygens (including phenoxy) is 1. The molecular formula is C10H18N2O6. The second-order valence-corrected chi connectivity index (χ2v) is 3.38. The van der Waals surface area contributed by atoms with Crippen LogP contribution in [-0.2, 0) is 14.3 Å². The molecule has 0 saturated carbocycles. The Bertz CT molecular complexity index is 294. The molecule has 0 aromatic heterocycles. The van der Waals surface area contributed by atoms with Crippen LogP contribution in [0.15, 0.2) is 0 Å². The summed E-state index contributed by atoms with van der Waals surface area (Å²) in [7, 11) is 0. The minimum atomic E-state index is -1.34. The first kappa shape index (κ1) is 16.2. The highest BCUT2D eigenvalue weighted by Gasteiger charge is 2.18. The van der Waals surface area contributed by atoms with E-state index in [0.29, 0.717) is 13.0 Å². The Hall–Kier alpha value is -1.83. The average Bonchev–Trinajstić information content (AvgIpc) is 2.31. The third-order valence-electron chi connectivity index (χ3n) is 1.93. The van der Waals surface area contributed by atoms with Crippen LogP contribution < -0.4 is 10.6 Å². The number of carbonyl (C=O) groups excluding carboxylic acids is 2. The van der Waals surface area contributed by atoms with Gasteiger partial charge in [-0.1, -0.05) is 0 Å². The molecule has 0 bridgehead atoms. The van der Waals surface area contributed by atoms with Gasteiger partial charge in [0.2, 0.25) is 0 Å². The van der Waals surface area contributed by atoms with Crippen molar-refractivity contribution in [2.24, 2.45) is 0 Å². The number of nitrogens with one attached hydrogen (secondary N) is 2. The first-order valence-corrected chi connectivity index (χ1v) is 5.54. The predicted octanol–water partition coefficient (Wildman–Crippen LogP) is -0.926. The maximum Gasteiger partial charge on any atom is 0.328 e. The van der Waals surface area contributed by atoms with Crippen LogP contribution in [0.1, 0.15) is 19.8 Å². The van der Waals surface area contributed by atoms with Crippen LogP contribution in [0.3, 0.4) is 0 Å². The maximum absolute atomic E-state index is 11.2. The van der Waals surface area contributed by atoms with Crippen LogP contribution in [0.25, 0.3) is 0 Å². The molecule has 0 saturated heterocycles. The summed E-state index contributed by atoms with van der Waals surface area (Å²) in [6.07, 6.45) is 0.569. The molecule has 0 rings (SSSR count). The molecular weight excluding hydrogens is 244 g/mol. The fourth-order valence-electron chi connectivity index (χ4n) is 1.06. The molecule has 104 valence electrons. The summed E-state index contributed by atoms with van der Waals surface area (Å²) in [5.74, 6) is -1.67. The lowest BCUT2D eigenvalue weighted by Crippen LogP contribution is -2.48. The lowest BCUT2D eigenvalue weighted by molar-refractivity contribution is -0.143. The highest BCUT2D eigenvalue weighted by atomic mass is 16.5. The molecule has 18 heavy (non-hydrogen) atoms. The fourth-order valence-corrected chi connectivity index (χ4v) is 1.06. The molecule has 2 amide bonds. The molecule has 0 spiro atoms. The van der Waals surface area contributed by atoms with Crippen molar-refractivity contribution in [1.29, 1.82) is 0 Å². The number of esters is 1. The molecule has 0 radical (unpaired) electrons. The molecule has 0 aliphatic heterocycles. The summed E-state index contributed by atoms with van der Waals surface area (Å²) in [5, 5.41) is 21.7. The van der Waals surface area contributed by atoms with E-state index in [0.717, 1.165) is 0 Å². The number of rotatable bonds is 8. The predicted molar refractivity (Wildman–Crippen MR) is 60.9 cm³/mol. The smallest absolute Gasteiger partial charge is 0.328 e. The Balaban J connectivity index is 3.71. The SMILES string of the molecule is CCOC(=O)CCCNC(=O)N[C@H](CO)C(=O)O. The molecule has 4 N–H and O–H groups in total. The Morgan fingerprint density at radius 2 is 2.00 bits per heavy atom. The number of carbonyl (C=O) groups is 3. The van der Waals surface area contributed by atoms with Crippen LogP contribution in [0.5, 0.6) is 0 Å². The zero-order valence-corrected chi connectivity index (χ0v) is 10.1. The summed E-state index contributed by atoms with van der Waals surface area (Å²) in [6.45, 7) is 1.53. The number of aliphatic hydroxyl groups is 1. The molecule has 0 aromatic carbocycles. The van der Waals surface area contributed by atoms with Gasteiger partial charge in [0.1, 0.15) is 0 Å². The molecule has 0 unspecified atom stereocenters. The van der Waals surface area contributed by atoms with E-state index in [-0.39, 0.29) is 18.9 Å². The minimum Gasteiger partial charge on any atom is -0.480 e. The Kier molecular flexibility index (Phi) is 8.29. The van der Waals surface area contributed by atoms with Crippen molar-refractivity contribution in [2.45, 2.75) is 25.8 Å². The topological polar surface area (TPSA) is 125 Å². The van der Waals surface area contributed by atoms with Gasteiger partial charge < -0.3 is 25.6 Å². The monoisotopic (exact) mass is 262 g/mol. The lowest BCUT2D eigenvalue weighted by atomic mass is 10.3. The quantitative estimate of drug-likeness (QED) is 0.331. The number of carboxylic acids is 1. The summed E-state index contributed by atoms with van der Waals surface area (Å²) < 4.78 is 4.68. The van der Waals surface area contributed by atoms with Gasteiger partial charge in [0.25, 0.3) is 0 Å². The Morgan fingerprint density at radius 1 is 1.33 bits per heavy atom. The van der Waals surface area contributed by atoms with E-state index < -0.39 is 24.6 Å². The molecule has 8 heteroatoms. The van der Waals surface area contributed by atoms with Gasteiger partial charge in [-0.05, 0) is 13.3 Å². The van der Waals surface area contributed by atoms with Crippen molar-refractivity contribution in [3.8, 4) is 0 Å². The first-order valence-electron chi connectivity index (χ1n) is 5.54. The van der Waals surface area contributed by atoms with Crippen LogP contribution in [0.2, 0.25) is 0 Å². The fraction of sp³-hybridized carbons (Fsp3) is 0.700. The molecule has 0 aliphatic rings. The third-order valence-corrected chi connectivity index (χ3v) is 1.93. The zero-order chi connectivity index (χ0) is 14.0. The van der Waals surface area contributed by atoms with Gasteiger partial charge in [-0.2, -0.15) is 0 Å². The molecule has 1 atom stereocenters. The lowest BCUT2D eigenvalue weighted by Gasteiger charge is -2.12. The highest BCUT2D eigenvalue weighted by molar-refractivity contribution is 5.82. The van der Waals surface area contributed by atoms with Gasteiger partial charge in [-0.15, -0.1) is 0 Å². The van der Waals surface area contributed by atoms with E-state index >= 15 is 0 Å². The van der Waals surface area contributed by atoms with Crippen LogP contribution in [0, 0.1) is 0 Å². The highest BCUT2D eigenvalue weighted by Crippen LogP contribution is 1.91. The number of hydrogen-bond acceptors (Lipinski definition) is 5. The van der Waals surface area contributed by atoms with Gasteiger partial charge in [0, 0.05) is 13.0 Å². The van der Waals surface area contributed by atoms with Gasteiger partial charge in [0.15, 0.2) is 6.04 Å². The van der Waals surface area contributed by atoms with Crippen LogP contribution >= 0.6 is 0 Å². The number of aliphatic carboxylic acids is 1. The van der Waals surface area contributed by atoms with Crippen molar-refractivity contribution in [1.82, 2.24) is 10.6 Å². The van der Waals surface area contributed by atoms with Crippen molar-refractivity contribution in [3.05, 3.63) is 0 Å². The molecule has 0 aromatic rings. The van der Waals surface area contributed by atoms with Gasteiger partial charge >= 0.3 is 18.0 Å². The normalized spacial score (nSPS) is 11.4. The maximum atomic E-state index is 11.2. The zero-order valence-electron chi connectivity index (χ0n) is 10.1. The standard InChI is InChI=1S/C10H18N2O6/c1-2-18-8(14)4-3-5-11-10(17)12-7(6-13)9(15)16/h7,13H,2-6H2,1H3,(H,15,16)(H2,11,12,17)/t7-/m1/s1. The van der Waals surface area contributed by atoms with E-state index in [1.165, 1.54) is 0 Å². The van der Waals surface area contributed by atoms with E-state index in [1.807, 2.05) is 0 Å². The Morgan fingerprint density at radius 3 is 2.50 bits per heavy atom. The summed E-state index contributed by atoms with van der Waals surface area (Å²) in [6, 6.07) is -2.05. The van der Waals surface area contributed by atoms with E-state index in [1.54, 1.807) is 6.92 Å². The van der Waals surface area contributed by atoms with Crippen molar-refractivity contribution in [2.75, 3.05) is 19.8 Å². The summed E-state index contributed by atoms with van der Waals surface area (Å²) in [5.41, 5.74) is 0. The third kappa shape index (κ3) is 7.44. The largest absolute Gasteiger partial charge is 0.480 e. The summed E-state index contributed by atoms with van der Waals surface area (Å²) in [4.78, 5) is 32.6. The number of urea groups is 1. The Labute approximate surface area is 104 Å². The number of hydrogen-bond donors (Lipinski definition) is 4. The van der Waals surface area contributed by atoms with Crippen molar-refractivity contribution >= 4 is 18.0 Å². The van der Waals surface area contributed by atoms with Gasteiger partial charge in [-0.3, -0.25) is 4.79 Å². The number of amides is 2. The van der Waals surface area contributed by atoms with Crippen LogP contribution in [-0.4, -0.2) is 54.0 Å². The van der Waals surface area contributed by atoms with E-state index in [9.17, 15) is 14.4 Å². The molecule has 0 aliphatic carbocycles. The minimum absolute atomic E-state index is 0.177. The van der Waals surface area contributed by atoms with Crippen molar-refractivity contribution in [3.63, 3.8) is 0 Å². The van der Waals surface area contributed by atoms with Crippen LogP contribution in [0.4, 0.5) is 4.79 Å². The van der Waals surface area contributed by atoms with E-state index in [4.69, 9.17) is 10.2 Å². The molecule has 8 nitrogen and oxygen atoms in total.